The highest BCUT2D eigenvalue weighted by Crippen LogP contribution is 2.24. The zero-order chi connectivity index (χ0) is 17.8. The summed E-state index contributed by atoms with van der Waals surface area (Å²) in [6.45, 7) is 5.08. The number of hydrogen-bond acceptors (Lipinski definition) is 4. The van der Waals surface area contributed by atoms with E-state index in [0.29, 0.717) is 31.1 Å². The number of amides is 3. The fraction of sp³-hybridized carbons (Fsp3) is 0.389. The number of urea groups is 1. The van der Waals surface area contributed by atoms with Gasteiger partial charge >= 0.3 is 6.03 Å². The molecule has 0 atom stereocenters. The van der Waals surface area contributed by atoms with Gasteiger partial charge in [0.25, 0.3) is 0 Å². The van der Waals surface area contributed by atoms with Crippen molar-refractivity contribution in [2.24, 2.45) is 5.92 Å². The third-order valence-electron chi connectivity index (χ3n) is 4.44. The zero-order valence-corrected chi connectivity index (χ0v) is 15.2. The van der Waals surface area contributed by atoms with Crippen LogP contribution in [0.25, 0.3) is 0 Å². The molecule has 1 aromatic heterocycles. The van der Waals surface area contributed by atoms with E-state index in [1.54, 1.807) is 4.90 Å². The number of likely N-dealkylation sites (tertiary alicyclic amines) is 1. The molecule has 1 fully saturated rings. The van der Waals surface area contributed by atoms with Crippen molar-refractivity contribution < 1.29 is 9.59 Å². The highest BCUT2D eigenvalue weighted by molar-refractivity contribution is 7.15. The average Bonchev–Trinajstić information content (AvgIpc) is 2.93. The number of aryl methyl sites for hydroxylation is 2. The van der Waals surface area contributed by atoms with E-state index in [1.807, 2.05) is 44.2 Å². The summed E-state index contributed by atoms with van der Waals surface area (Å²) in [5, 5.41) is 6.45. The largest absolute Gasteiger partial charge is 0.324 e. The smallest absolute Gasteiger partial charge is 0.321 e. The van der Waals surface area contributed by atoms with E-state index in [4.69, 9.17) is 0 Å². The minimum atomic E-state index is -0.115. The Hall–Kier alpha value is -2.41. The number of carbonyl (C=O) groups is 2. The van der Waals surface area contributed by atoms with Crippen molar-refractivity contribution in [2.75, 3.05) is 23.7 Å². The predicted molar refractivity (Wildman–Crippen MR) is 100.0 cm³/mol. The molecule has 0 bridgehead atoms. The Morgan fingerprint density at radius 2 is 1.80 bits per heavy atom. The fourth-order valence-electron chi connectivity index (χ4n) is 2.80. The van der Waals surface area contributed by atoms with Gasteiger partial charge < -0.3 is 15.5 Å². The van der Waals surface area contributed by atoms with E-state index >= 15 is 0 Å². The molecule has 1 aromatic carbocycles. The van der Waals surface area contributed by atoms with Crippen LogP contribution in [0.3, 0.4) is 0 Å². The molecule has 3 amide bonds. The Kier molecular flexibility index (Phi) is 5.33. The zero-order valence-electron chi connectivity index (χ0n) is 14.4. The van der Waals surface area contributed by atoms with Gasteiger partial charge in [0.05, 0.1) is 5.69 Å². The number of anilines is 2. The highest BCUT2D eigenvalue weighted by Gasteiger charge is 2.28. The summed E-state index contributed by atoms with van der Waals surface area (Å²) >= 11 is 1.50. The number of nitrogens with one attached hydrogen (secondary N) is 2. The molecule has 1 aliphatic rings. The lowest BCUT2D eigenvalue weighted by atomic mass is 9.96. The van der Waals surface area contributed by atoms with Crippen LogP contribution in [0.2, 0.25) is 0 Å². The maximum Gasteiger partial charge on any atom is 0.321 e. The number of thiazole rings is 1. The summed E-state index contributed by atoms with van der Waals surface area (Å²) < 4.78 is 0. The number of benzene rings is 1. The molecule has 2 N–H and O–H groups in total. The lowest BCUT2D eigenvalue weighted by Crippen LogP contribution is -2.43. The van der Waals surface area contributed by atoms with Gasteiger partial charge in [-0.2, -0.15) is 0 Å². The first-order valence-electron chi connectivity index (χ1n) is 8.39. The quantitative estimate of drug-likeness (QED) is 0.880. The molecule has 0 spiro atoms. The minimum Gasteiger partial charge on any atom is -0.324 e. The Labute approximate surface area is 151 Å². The van der Waals surface area contributed by atoms with Crippen LogP contribution in [-0.4, -0.2) is 34.9 Å². The van der Waals surface area contributed by atoms with Crippen LogP contribution < -0.4 is 10.6 Å². The number of carbonyl (C=O) groups excluding carboxylic acids is 2. The molecule has 0 aliphatic carbocycles. The summed E-state index contributed by atoms with van der Waals surface area (Å²) in [5.41, 5.74) is 1.73. The van der Waals surface area contributed by atoms with Crippen LogP contribution in [0.5, 0.6) is 0 Å². The van der Waals surface area contributed by atoms with Gasteiger partial charge in [-0.25, -0.2) is 9.78 Å². The predicted octanol–water partition coefficient (Wildman–Crippen LogP) is 3.64. The van der Waals surface area contributed by atoms with E-state index in [-0.39, 0.29) is 17.9 Å². The van der Waals surface area contributed by atoms with Gasteiger partial charge in [-0.1, -0.05) is 18.2 Å². The first-order chi connectivity index (χ1) is 12.0. The summed E-state index contributed by atoms with van der Waals surface area (Å²) in [4.78, 5) is 31.9. The van der Waals surface area contributed by atoms with Crippen molar-refractivity contribution >= 4 is 34.1 Å². The fourth-order valence-corrected chi connectivity index (χ4v) is 3.62. The number of para-hydroxylation sites is 1. The molecule has 1 saturated heterocycles. The average molecular weight is 358 g/mol. The van der Waals surface area contributed by atoms with Gasteiger partial charge in [-0.3, -0.25) is 4.79 Å². The van der Waals surface area contributed by atoms with Crippen LogP contribution in [0.1, 0.15) is 23.4 Å². The van der Waals surface area contributed by atoms with Crippen LogP contribution in [-0.2, 0) is 4.79 Å². The van der Waals surface area contributed by atoms with Crippen molar-refractivity contribution in [3.05, 3.63) is 40.9 Å². The molecule has 132 valence electrons. The molecule has 1 aliphatic heterocycles. The minimum absolute atomic E-state index is 0.00290. The van der Waals surface area contributed by atoms with E-state index < -0.39 is 0 Å². The van der Waals surface area contributed by atoms with Crippen LogP contribution in [0.4, 0.5) is 15.6 Å². The topological polar surface area (TPSA) is 74.3 Å². The molecule has 0 radical (unpaired) electrons. The standard InChI is InChI=1S/C18H22N4O2S/c1-12-13(2)25-17(19-12)21-16(23)14-8-10-22(11-9-14)18(24)20-15-6-4-3-5-7-15/h3-7,14H,8-11H2,1-2H3,(H,20,24)(H,19,21,23). The van der Waals surface area contributed by atoms with Crippen molar-refractivity contribution in [2.45, 2.75) is 26.7 Å². The third-order valence-corrected chi connectivity index (χ3v) is 5.42. The molecule has 7 heteroatoms. The second-order valence-corrected chi connectivity index (χ2v) is 7.41. The number of nitrogens with zero attached hydrogens (tertiary/aromatic N) is 2. The maximum absolute atomic E-state index is 12.4. The van der Waals surface area contributed by atoms with E-state index in [0.717, 1.165) is 16.3 Å². The van der Waals surface area contributed by atoms with Crippen molar-refractivity contribution in [3.8, 4) is 0 Å². The maximum atomic E-state index is 12.4. The molecular formula is C18H22N4O2S. The van der Waals surface area contributed by atoms with Crippen LogP contribution in [0.15, 0.2) is 30.3 Å². The Morgan fingerprint density at radius 3 is 2.40 bits per heavy atom. The molecule has 2 heterocycles. The van der Waals surface area contributed by atoms with Crippen LogP contribution in [0, 0.1) is 19.8 Å². The highest BCUT2D eigenvalue weighted by atomic mass is 32.1. The van der Waals surface area contributed by atoms with Crippen molar-refractivity contribution in [1.29, 1.82) is 0 Å². The summed E-state index contributed by atoms with van der Waals surface area (Å²) in [5.74, 6) is -0.0813. The molecular weight excluding hydrogens is 336 g/mol. The Bertz CT molecular complexity index is 732. The van der Waals surface area contributed by atoms with Crippen molar-refractivity contribution in [3.63, 3.8) is 0 Å². The second kappa shape index (κ2) is 7.65. The van der Waals surface area contributed by atoms with E-state index in [2.05, 4.69) is 15.6 Å². The van der Waals surface area contributed by atoms with E-state index in [9.17, 15) is 9.59 Å². The Morgan fingerprint density at radius 1 is 1.12 bits per heavy atom. The molecule has 6 nitrogen and oxygen atoms in total. The second-order valence-electron chi connectivity index (χ2n) is 6.21. The molecule has 0 unspecified atom stereocenters. The van der Waals surface area contributed by atoms with Crippen LogP contribution >= 0.6 is 11.3 Å². The summed E-state index contributed by atoms with van der Waals surface area (Å²) in [6, 6.07) is 9.27. The van der Waals surface area contributed by atoms with E-state index in [1.165, 1.54) is 11.3 Å². The lowest BCUT2D eigenvalue weighted by molar-refractivity contribution is -0.121. The molecule has 0 saturated carbocycles. The van der Waals surface area contributed by atoms with Crippen molar-refractivity contribution in [1.82, 2.24) is 9.88 Å². The molecule has 3 rings (SSSR count). The first kappa shape index (κ1) is 17.4. The number of aromatic nitrogens is 1. The molecule has 2 aromatic rings. The van der Waals surface area contributed by atoms with Gasteiger partial charge in [0.1, 0.15) is 0 Å². The number of hydrogen-bond donors (Lipinski definition) is 2. The monoisotopic (exact) mass is 358 g/mol. The van der Waals surface area contributed by atoms with Gasteiger partial charge in [0.15, 0.2) is 5.13 Å². The number of piperidine rings is 1. The van der Waals surface area contributed by atoms with Gasteiger partial charge in [-0.05, 0) is 38.8 Å². The first-order valence-corrected chi connectivity index (χ1v) is 9.20. The Balaban J connectivity index is 1.49. The molecule has 25 heavy (non-hydrogen) atoms. The summed E-state index contributed by atoms with van der Waals surface area (Å²) in [7, 11) is 0. The number of rotatable bonds is 3. The SMILES string of the molecule is Cc1nc(NC(=O)C2CCN(C(=O)Nc3ccccc3)CC2)sc1C. The lowest BCUT2D eigenvalue weighted by Gasteiger charge is -2.31. The third kappa shape index (κ3) is 4.36. The van der Waals surface area contributed by atoms with Gasteiger partial charge in [-0.15, -0.1) is 11.3 Å². The summed E-state index contributed by atoms with van der Waals surface area (Å²) in [6.07, 6.45) is 1.33. The normalized spacial score (nSPS) is 15.0. The van der Waals surface area contributed by atoms with Gasteiger partial charge in [0, 0.05) is 29.6 Å². The van der Waals surface area contributed by atoms with Gasteiger partial charge in [0.2, 0.25) is 5.91 Å².